The molecule has 48 heavy (non-hydrogen) atoms. The second kappa shape index (κ2) is 11.5. The molecule has 0 N–H and O–H groups in total. The summed E-state index contributed by atoms with van der Waals surface area (Å²) < 4.78 is 12.6. The van der Waals surface area contributed by atoms with Crippen molar-refractivity contribution in [3.05, 3.63) is 146 Å². The zero-order chi connectivity index (χ0) is 31.9. The van der Waals surface area contributed by atoms with Gasteiger partial charge in [0.25, 0.3) is 11.8 Å². The van der Waals surface area contributed by atoms with Crippen LogP contribution >= 0.6 is 0 Å². The van der Waals surface area contributed by atoms with Gasteiger partial charge in [-0.1, -0.05) is 103 Å². The first-order valence-corrected chi connectivity index (χ1v) is 15.5. The van der Waals surface area contributed by atoms with E-state index in [1.54, 1.807) is 0 Å². The lowest BCUT2D eigenvalue weighted by Gasteiger charge is -2.08. The molecule has 0 amide bonds. The second-order valence-corrected chi connectivity index (χ2v) is 11.3. The maximum atomic E-state index is 6.28. The van der Waals surface area contributed by atoms with Crippen molar-refractivity contribution in [3.8, 4) is 68.3 Å². The van der Waals surface area contributed by atoms with Crippen molar-refractivity contribution in [2.45, 2.75) is 0 Å². The minimum Gasteiger partial charge on any atom is -0.415 e. The van der Waals surface area contributed by atoms with Crippen molar-refractivity contribution in [3.63, 3.8) is 0 Å². The van der Waals surface area contributed by atoms with Gasteiger partial charge in [-0.05, 0) is 53.6 Å². The van der Waals surface area contributed by atoms with E-state index in [4.69, 9.17) is 18.8 Å². The minimum atomic E-state index is 0.330. The van der Waals surface area contributed by atoms with Gasteiger partial charge in [-0.3, -0.25) is 0 Å². The van der Waals surface area contributed by atoms with Crippen LogP contribution in [0.4, 0.5) is 0 Å². The molecule has 9 aromatic rings. The lowest BCUT2D eigenvalue weighted by molar-refractivity contribution is 0.580. The van der Waals surface area contributed by atoms with Crippen LogP contribution in [0.15, 0.2) is 154 Å². The van der Waals surface area contributed by atoms with Gasteiger partial charge < -0.3 is 8.83 Å². The van der Waals surface area contributed by atoms with Gasteiger partial charge in [-0.25, -0.2) is 9.97 Å². The molecule has 0 atom stereocenters. The van der Waals surface area contributed by atoms with E-state index in [9.17, 15) is 0 Å². The summed E-state index contributed by atoms with van der Waals surface area (Å²) in [6.45, 7) is 0. The summed E-state index contributed by atoms with van der Waals surface area (Å²) in [7, 11) is 0. The Morgan fingerprint density at radius 3 is 1.21 bits per heavy atom. The number of pyridine rings is 2. The van der Waals surface area contributed by atoms with E-state index in [0.717, 1.165) is 44.1 Å². The molecule has 4 heterocycles. The van der Waals surface area contributed by atoms with Crippen molar-refractivity contribution in [2.75, 3.05) is 0 Å². The molecule has 8 nitrogen and oxygen atoms in total. The summed E-state index contributed by atoms with van der Waals surface area (Å²) in [4.78, 5) is 9.88. The molecule has 0 saturated carbocycles. The normalized spacial score (nSPS) is 11.3. The van der Waals surface area contributed by atoms with Crippen LogP contribution in [-0.2, 0) is 0 Å². The van der Waals surface area contributed by atoms with Crippen LogP contribution in [0.5, 0.6) is 0 Å². The van der Waals surface area contributed by atoms with Crippen LogP contribution in [-0.4, -0.2) is 30.4 Å². The summed E-state index contributed by atoms with van der Waals surface area (Å²) in [6.07, 6.45) is 0. The minimum absolute atomic E-state index is 0.330. The molecule has 0 saturated heterocycles. The van der Waals surface area contributed by atoms with Gasteiger partial charge in [-0.15, -0.1) is 20.4 Å². The van der Waals surface area contributed by atoms with E-state index in [2.05, 4.69) is 32.5 Å². The van der Waals surface area contributed by atoms with E-state index in [1.807, 2.05) is 133 Å². The second-order valence-electron chi connectivity index (χ2n) is 11.3. The van der Waals surface area contributed by atoms with Gasteiger partial charge in [0.05, 0.1) is 11.0 Å². The van der Waals surface area contributed by atoms with Crippen molar-refractivity contribution in [1.82, 2.24) is 30.4 Å². The molecule has 0 unspecified atom stereocenters. The fourth-order valence-electron chi connectivity index (χ4n) is 5.89. The third kappa shape index (κ3) is 4.98. The van der Waals surface area contributed by atoms with E-state index in [-0.39, 0.29) is 0 Å². The number of para-hydroxylation sites is 2. The predicted molar refractivity (Wildman–Crippen MR) is 185 cm³/mol. The maximum Gasteiger partial charge on any atom is 0.267 e. The SMILES string of the molecule is c1ccc(-c2cc3ccccc3nc2-c2nnc(-c3cccc(-c4nnc(-c5nc6ccccc6cc5-c5ccccc5)o4)c3)o2)cc1. The van der Waals surface area contributed by atoms with Crippen molar-refractivity contribution in [1.29, 1.82) is 0 Å². The van der Waals surface area contributed by atoms with E-state index in [1.165, 1.54) is 0 Å². The Balaban J connectivity index is 1.09. The molecule has 5 aromatic carbocycles. The molecule has 0 aliphatic rings. The molecule has 0 fully saturated rings. The Kier molecular flexibility index (Phi) is 6.61. The zero-order valence-corrected chi connectivity index (χ0v) is 25.4. The number of hydrogen-bond donors (Lipinski definition) is 0. The molecule has 226 valence electrons. The standard InChI is InChI=1S/C40H24N6O2/c1-3-12-25(13-4-1)31-23-27-16-7-9-20-33(27)41-35(31)39-45-43-37(47-39)29-18-11-19-30(22-29)38-44-46-40(48-38)36-32(26-14-5-2-6-15-26)24-28-17-8-10-21-34(28)42-36/h1-24H. The van der Waals surface area contributed by atoms with Gasteiger partial charge in [0, 0.05) is 33.0 Å². The molecular formula is C40H24N6O2. The summed E-state index contributed by atoms with van der Waals surface area (Å²) >= 11 is 0. The average molecular weight is 621 g/mol. The fraction of sp³-hybridized carbons (Fsp3) is 0. The highest BCUT2D eigenvalue weighted by atomic mass is 16.4. The molecule has 0 spiro atoms. The highest BCUT2D eigenvalue weighted by Crippen LogP contribution is 2.36. The Bertz CT molecular complexity index is 2400. The lowest BCUT2D eigenvalue weighted by atomic mass is 10.0. The van der Waals surface area contributed by atoms with Crippen LogP contribution in [0.2, 0.25) is 0 Å². The first kappa shape index (κ1) is 27.5. The number of nitrogens with zero attached hydrogens (tertiary/aromatic N) is 6. The Morgan fingerprint density at radius 2 is 0.729 bits per heavy atom. The summed E-state index contributed by atoms with van der Waals surface area (Å²) in [5, 5.41) is 19.7. The lowest BCUT2D eigenvalue weighted by Crippen LogP contribution is -1.91. The molecule has 0 aliphatic carbocycles. The van der Waals surface area contributed by atoms with Crippen molar-refractivity contribution < 1.29 is 8.83 Å². The number of benzene rings is 5. The van der Waals surface area contributed by atoms with Crippen LogP contribution in [0, 0.1) is 0 Å². The molecule has 0 radical (unpaired) electrons. The molecule has 8 heteroatoms. The quantitative estimate of drug-likeness (QED) is 0.181. The summed E-state index contributed by atoms with van der Waals surface area (Å²) in [5.74, 6) is 1.36. The van der Waals surface area contributed by atoms with Gasteiger partial charge >= 0.3 is 0 Å². The monoisotopic (exact) mass is 620 g/mol. The molecular weight excluding hydrogens is 596 g/mol. The van der Waals surface area contributed by atoms with Crippen molar-refractivity contribution in [2.24, 2.45) is 0 Å². The molecule has 4 aromatic heterocycles. The molecule has 0 bridgehead atoms. The summed E-state index contributed by atoms with van der Waals surface area (Å²) in [6, 6.07) is 48.0. The smallest absolute Gasteiger partial charge is 0.267 e. The number of aromatic nitrogens is 6. The number of fused-ring (bicyclic) bond motifs is 2. The first-order valence-electron chi connectivity index (χ1n) is 15.5. The Hall–Kier alpha value is -6.80. The maximum absolute atomic E-state index is 6.28. The molecule has 9 rings (SSSR count). The number of hydrogen-bond acceptors (Lipinski definition) is 8. The third-order valence-electron chi connectivity index (χ3n) is 8.23. The van der Waals surface area contributed by atoms with Crippen LogP contribution in [0.25, 0.3) is 90.1 Å². The van der Waals surface area contributed by atoms with Crippen molar-refractivity contribution >= 4 is 21.8 Å². The predicted octanol–water partition coefficient (Wildman–Crippen LogP) is 9.55. The van der Waals surface area contributed by atoms with Gasteiger partial charge in [0.2, 0.25) is 11.8 Å². The average Bonchev–Trinajstić information content (AvgIpc) is 3.86. The van der Waals surface area contributed by atoms with Gasteiger partial charge in [-0.2, -0.15) is 0 Å². The Morgan fingerprint density at radius 1 is 0.333 bits per heavy atom. The zero-order valence-electron chi connectivity index (χ0n) is 25.4. The van der Waals surface area contributed by atoms with Crippen LogP contribution < -0.4 is 0 Å². The van der Waals surface area contributed by atoms with Crippen LogP contribution in [0.1, 0.15) is 0 Å². The van der Waals surface area contributed by atoms with Gasteiger partial charge in [0.15, 0.2) is 0 Å². The number of rotatable bonds is 6. The van der Waals surface area contributed by atoms with Gasteiger partial charge in [0.1, 0.15) is 11.4 Å². The highest BCUT2D eigenvalue weighted by molar-refractivity contribution is 5.91. The highest BCUT2D eigenvalue weighted by Gasteiger charge is 2.21. The fourth-order valence-corrected chi connectivity index (χ4v) is 5.89. The van der Waals surface area contributed by atoms with Crippen LogP contribution in [0.3, 0.4) is 0 Å². The molecule has 0 aliphatic heterocycles. The van der Waals surface area contributed by atoms with E-state index in [0.29, 0.717) is 46.1 Å². The third-order valence-corrected chi connectivity index (χ3v) is 8.23. The van der Waals surface area contributed by atoms with E-state index >= 15 is 0 Å². The largest absolute Gasteiger partial charge is 0.415 e. The Labute approximate surface area is 274 Å². The topological polar surface area (TPSA) is 104 Å². The first-order chi connectivity index (χ1) is 23.8. The summed E-state index contributed by atoms with van der Waals surface area (Å²) in [5.41, 5.74) is 8.19. The van der Waals surface area contributed by atoms with E-state index < -0.39 is 0 Å².